The first-order valence-electron chi connectivity index (χ1n) is 6.07. The van der Waals surface area contributed by atoms with Gasteiger partial charge in [0.2, 0.25) is 0 Å². The zero-order valence-corrected chi connectivity index (χ0v) is 10.8. The third-order valence-corrected chi connectivity index (χ3v) is 3.00. The van der Waals surface area contributed by atoms with E-state index in [2.05, 4.69) is 21.9 Å². The fourth-order valence-electron chi connectivity index (χ4n) is 1.88. The van der Waals surface area contributed by atoms with Gasteiger partial charge in [-0.05, 0) is 24.5 Å². The highest BCUT2D eigenvalue weighted by molar-refractivity contribution is 5.75. The molecule has 0 fully saturated rings. The van der Waals surface area contributed by atoms with Gasteiger partial charge in [-0.25, -0.2) is 9.97 Å². The highest BCUT2D eigenvalue weighted by Crippen LogP contribution is 2.24. The summed E-state index contributed by atoms with van der Waals surface area (Å²) in [6.45, 7) is 8.02. The Hall–Kier alpha value is -1.42. The van der Waals surface area contributed by atoms with Crippen LogP contribution in [0.3, 0.4) is 0 Å². The summed E-state index contributed by atoms with van der Waals surface area (Å²) in [7, 11) is 0. The number of H-pyrrole nitrogens is 1. The van der Waals surface area contributed by atoms with Crippen LogP contribution in [0.1, 0.15) is 44.0 Å². The van der Waals surface area contributed by atoms with Gasteiger partial charge in [-0.3, -0.25) is 0 Å². The summed E-state index contributed by atoms with van der Waals surface area (Å²) in [6, 6.07) is 1.94. The molecule has 0 amide bonds. The van der Waals surface area contributed by atoms with Gasteiger partial charge in [0.15, 0.2) is 5.65 Å². The Morgan fingerprint density at radius 3 is 2.65 bits per heavy atom. The van der Waals surface area contributed by atoms with Crippen LogP contribution < -0.4 is 0 Å². The minimum atomic E-state index is -0.528. The first-order chi connectivity index (χ1) is 8.02. The molecule has 1 unspecified atom stereocenters. The van der Waals surface area contributed by atoms with Crippen LogP contribution in [0.15, 0.2) is 6.07 Å². The highest BCUT2D eigenvalue weighted by Gasteiger charge is 2.16. The zero-order valence-electron chi connectivity index (χ0n) is 10.8. The van der Waals surface area contributed by atoms with Crippen LogP contribution in [0.25, 0.3) is 11.2 Å². The molecule has 0 saturated carbocycles. The van der Waals surface area contributed by atoms with Crippen LogP contribution in [0.4, 0.5) is 0 Å². The molecule has 1 atom stereocenters. The first kappa shape index (κ1) is 12.0. The molecule has 4 heteroatoms. The molecule has 2 N–H and O–H groups in total. The van der Waals surface area contributed by atoms with Crippen LogP contribution in [0.5, 0.6) is 0 Å². The number of rotatable bonds is 3. The zero-order chi connectivity index (χ0) is 12.6. The molecule has 92 valence electrons. The maximum absolute atomic E-state index is 10.0. The van der Waals surface area contributed by atoms with Crippen molar-refractivity contribution in [3.63, 3.8) is 0 Å². The van der Waals surface area contributed by atoms with Crippen molar-refractivity contribution in [3.8, 4) is 0 Å². The number of fused-ring (bicyclic) bond motifs is 1. The minimum Gasteiger partial charge on any atom is -0.387 e. The summed E-state index contributed by atoms with van der Waals surface area (Å²) < 4.78 is 0. The molecule has 2 rings (SSSR count). The quantitative estimate of drug-likeness (QED) is 0.856. The normalized spacial score (nSPS) is 13.5. The standard InChI is InChI=1S/C13H19N3O/c1-5-10-15-11-8(4)6-9(12(17)7(2)3)14-13(11)16-10/h6-7,12,17H,5H2,1-4H3,(H,14,15,16). The monoisotopic (exact) mass is 233 g/mol. The number of pyridine rings is 1. The largest absolute Gasteiger partial charge is 0.387 e. The van der Waals surface area contributed by atoms with Gasteiger partial charge in [-0.15, -0.1) is 0 Å². The summed E-state index contributed by atoms with van der Waals surface area (Å²) in [5.74, 6) is 1.09. The number of aromatic amines is 1. The number of imidazole rings is 1. The molecule has 2 heterocycles. The number of aliphatic hydroxyl groups excluding tert-OH is 1. The molecule has 0 aliphatic rings. The number of nitrogens with one attached hydrogen (secondary N) is 1. The van der Waals surface area contributed by atoms with Gasteiger partial charge in [0.25, 0.3) is 0 Å². The summed E-state index contributed by atoms with van der Waals surface area (Å²) in [4.78, 5) is 12.1. The number of hydrogen-bond donors (Lipinski definition) is 2. The average Bonchev–Trinajstić information content (AvgIpc) is 2.71. The second kappa shape index (κ2) is 4.45. The Labute approximate surface area is 101 Å². The van der Waals surface area contributed by atoms with Gasteiger partial charge in [-0.2, -0.15) is 0 Å². The molecule has 0 aliphatic heterocycles. The molecule has 0 saturated heterocycles. The fraction of sp³-hybridized carbons (Fsp3) is 0.538. The van der Waals surface area contributed by atoms with Crippen molar-refractivity contribution in [2.75, 3.05) is 0 Å². The Morgan fingerprint density at radius 1 is 1.35 bits per heavy atom. The molecule has 0 radical (unpaired) electrons. The Morgan fingerprint density at radius 2 is 2.06 bits per heavy atom. The van der Waals surface area contributed by atoms with Crippen LogP contribution in [0, 0.1) is 12.8 Å². The maximum Gasteiger partial charge on any atom is 0.178 e. The number of aliphatic hydroxyl groups is 1. The van der Waals surface area contributed by atoms with Crippen molar-refractivity contribution in [3.05, 3.63) is 23.1 Å². The summed E-state index contributed by atoms with van der Waals surface area (Å²) in [6.07, 6.45) is 0.331. The number of aryl methyl sites for hydroxylation is 2. The lowest BCUT2D eigenvalue weighted by Crippen LogP contribution is -2.08. The van der Waals surface area contributed by atoms with Crippen LogP contribution >= 0.6 is 0 Å². The van der Waals surface area contributed by atoms with E-state index in [4.69, 9.17) is 0 Å². The molecule has 0 aliphatic carbocycles. The third kappa shape index (κ3) is 2.17. The van der Waals surface area contributed by atoms with E-state index >= 15 is 0 Å². The first-order valence-corrected chi connectivity index (χ1v) is 6.07. The molecule has 2 aromatic heterocycles. The third-order valence-electron chi connectivity index (χ3n) is 3.00. The molecule has 2 aromatic rings. The van der Waals surface area contributed by atoms with E-state index in [1.807, 2.05) is 26.8 Å². The van der Waals surface area contributed by atoms with Crippen molar-refractivity contribution in [2.45, 2.75) is 40.2 Å². The summed E-state index contributed by atoms with van der Waals surface area (Å²) in [5, 5.41) is 10.0. The maximum atomic E-state index is 10.0. The molecule has 17 heavy (non-hydrogen) atoms. The lowest BCUT2D eigenvalue weighted by molar-refractivity contribution is 0.123. The molecule has 0 aromatic carbocycles. The van der Waals surface area contributed by atoms with Gasteiger partial charge < -0.3 is 10.1 Å². The van der Waals surface area contributed by atoms with Gasteiger partial charge in [0.05, 0.1) is 17.3 Å². The smallest absolute Gasteiger partial charge is 0.178 e. The summed E-state index contributed by atoms with van der Waals surface area (Å²) >= 11 is 0. The van der Waals surface area contributed by atoms with Gasteiger partial charge >= 0.3 is 0 Å². The highest BCUT2D eigenvalue weighted by atomic mass is 16.3. The molecule has 0 spiro atoms. The van der Waals surface area contributed by atoms with E-state index in [0.717, 1.165) is 23.3 Å². The second-order valence-electron chi connectivity index (χ2n) is 4.79. The lowest BCUT2D eigenvalue weighted by Gasteiger charge is -2.14. The van der Waals surface area contributed by atoms with Crippen molar-refractivity contribution in [2.24, 2.45) is 5.92 Å². The Balaban J connectivity index is 2.54. The lowest BCUT2D eigenvalue weighted by atomic mass is 10.0. The molecule has 0 bridgehead atoms. The van der Waals surface area contributed by atoms with Crippen LogP contribution in [-0.2, 0) is 6.42 Å². The number of hydrogen-bond acceptors (Lipinski definition) is 3. The second-order valence-corrected chi connectivity index (χ2v) is 4.79. The van der Waals surface area contributed by atoms with Gasteiger partial charge in [0, 0.05) is 6.42 Å². The molecule has 4 nitrogen and oxygen atoms in total. The van der Waals surface area contributed by atoms with E-state index < -0.39 is 6.10 Å². The van der Waals surface area contributed by atoms with E-state index in [1.54, 1.807) is 0 Å². The van der Waals surface area contributed by atoms with E-state index in [1.165, 1.54) is 0 Å². The molecular weight excluding hydrogens is 214 g/mol. The van der Waals surface area contributed by atoms with E-state index in [-0.39, 0.29) is 5.92 Å². The number of aromatic nitrogens is 3. The van der Waals surface area contributed by atoms with Crippen molar-refractivity contribution < 1.29 is 5.11 Å². The SMILES string of the molecule is CCc1nc2nc(C(O)C(C)C)cc(C)c2[nH]1. The topological polar surface area (TPSA) is 61.8 Å². The average molecular weight is 233 g/mol. The van der Waals surface area contributed by atoms with Crippen molar-refractivity contribution >= 4 is 11.2 Å². The van der Waals surface area contributed by atoms with E-state index in [0.29, 0.717) is 11.3 Å². The van der Waals surface area contributed by atoms with Crippen molar-refractivity contribution in [1.82, 2.24) is 15.0 Å². The Kier molecular flexibility index (Phi) is 3.15. The molecular formula is C13H19N3O. The van der Waals surface area contributed by atoms with Crippen LogP contribution in [0.2, 0.25) is 0 Å². The van der Waals surface area contributed by atoms with Gasteiger partial charge in [0.1, 0.15) is 5.82 Å². The van der Waals surface area contributed by atoms with Gasteiger partial charge in [-0.1, -0.05) is 20.8 Å². The minimum absolute atomic E-state index is 0.156. The fourth-order valence-corrected chi connectivity index (χ4v) is 1.88. The summed E-state index contributed by atoms with van der Waals surface area (Å²) in [5.41, 5.74) is 3.47. The van der Waals surface area contributed by atoms with Crippen LogP contribution in [-0.4, -0.2) is 20.1 Å². The predicted octanol–water partition coefficient (Wildman–Crippen LogP) is 2.52. The number of nitrogens with zero attached hydrogens (tertiary/aromatic N) is 2. The predicted molar refractivity (Wildman–Crippen MR) is 67.8 cm³/mol. The van der Waals surface area contributed by atoms with Crippen molar-refractivity contribution in [1.29, 1.82) is 0 Å². The van der Waals surface area contributed by atoms with E-state index in [9.17, 15) is 5.11 Å². The Bertz CT molecular complexity index is 531.